The molecule has 4 aliphatic carbocycles. The van der Waals surface area contributed by atoms with E-state index in [1.807, 2.05) is 129 Å². The summed E-state index contributed by atoms with van der Waals surface area (Å²) in [6.45, 7) is 39.1. The lowest BCUT2D eigenvalue weighted by Crippen LogP contribution is -2.44. The minimum atomic E-state index is -0.412. The second-order valence-electron chi connectivity index (χ2n) is 45.2. The van der Waals surface area contributed by atoms with Crippen LogP contribution in [0.2, 0.25) is 0 Å². The van der Waals surface area contributed by atoms with Crippen LogP contribution < -0.4 is 26.0 Å². The largest absolute Gasteiger partial charge is 0.491 e. The van der Waals surface area contributed by atoms with Crippen molar-refractivity contribution >= 4 is 114 Å². The Morgan fingerprint density at radius 2 is 0.664 bits per heavy atom. The lowest BCUT2D eigenvalue weighted by atomic mass is 9.96. The molecule has 29 heteroatoms. The molecule has 4 aromatic carbocycles. The molecule has 4 N–H and O–H groups in total. The zero-order chi connectivity index (χ0) is 106. The van der Waals surface area contributed by atoms with Crippen LogP contribution in [0.3, 0.4) is 0 Å². The molecule has 0 unspecified atom stereocenters. The van der Waals surface area contributed by atoms with Gasteiger partial charge in [0.15, 0.2) is 46.3 Å². The molecule has 0 radical (unpaired) electrons. The van der Waals surface area contributed by atoms with E-state index in [2.05, 4.69) is 122 Å². The molecule has 4 aromatic heterocycles. The third kappa shape index (κ3) is 23.4. The smallest absolute Gasteiger partial charge is 0.243 e. The zero-order valence-corrected chi connectivity index (χ0v) is 90.3. The van der Waals surface area contributed by atoms with Gasteiger partial charge in [0.1, 0.15) is 31.9 Å². The number of piperidine rings is 4. The van der Waals surface area contributed by atoms with Crippen LogP contribution in [0, 0.1) is 34.5 Å². The van der Waals surface area contributed by atoms with Gasteiger partial charge in [0.2, 0.25) is 23.6 Å². The quantitative estimate of drug-likeness (QED) is 0.0458. The summed E-state index contributed by atoms with van der Waals surface area (Å²) >= 11 is 0. The van der Waals surface area contributed by atoms with E-state index in [1.165, 1.54) is 11.1 Å². The molecule has 0 spiro atoms. The average Bonchev–Trinajstić information content (AvgIpc) is 1.54. The highest BCUT2D eigenvalue weighted by atomic mass is 16.5. The summed E-state index contributed by atoms with van der Waals surface area (Å²) in [7, 11) is 0. The molecule has 149 heavy (non-hydrogen) atoms. The van der Waals surface area contributed by atoms with Gasteiger partial charge in [0, 0.05) is 166 Å². The summed E-state index contributed by atoms with van der Waals surface area (Å²) in [5, 5.41) is 17.6. The number of rotatable bonds is 18. The topological polar surface area (TPSA) is 332 Å². The SMILES string of the molecule is CCC(=O)[C@@H]1C[C@]23COC/C=C\CCNCc4cc(C(C)C)cc5c(C(C)=O)cn(c45)CC(=O)N1[C@@H]2C3.CCC(=O)[C@@H]1C[C@]23COC/C=C\CCNCc4cc(C)cc5c(C(C)=O)cn(c45)CC(=O)N1[C@@H]2C3.CCC(=O)[C@@H]1C[C@]23COC/C=C\CCNCc4cc(CCC(C)C)cc5c(C(C)=O)cn(c45)CC(=O)N1[C@@H]2C3.CCC(=O)[C@@H]1C[C@]23COC/C=C\CCNCc4cc(OC(C)C)cc5c(C(C)=O)cn(c45)CC(=O)N1[C@@H]2C3. The fourth-order valence-corrected chi connectivity index (χ4v) is 25.2. The highest BCUT2D eigenvalue weighted by Gasteiger charge is 2.70. The van der Waals surface area contributed by atoms with Crippen molar-refractivity contribution in [3.63, 3.8) is 0 Å². The maximum absolute atomic E-state index is 14.0. The number of carbonyl (C=O) groups is 12. The first kappa shape index (κ1) is 109. The number of aromatic nitrogens is 4. The number of benzene rings is 4. The van der Waals surface area contributed by atoms with Crippen molar-refractivity contribution in [2.75, 3.05) is 79.0 Å². The van der Waals surface area contributed by atoms with Gasteiger partial charge in [-0.15, -0.1) is 0 Å². The number of ether oxygens (including phenoxy) is 5. The molecule has 8 bridgehead atoms. The summed E-state index contributed by atoms with van der Waals surface area (Å²) in [5.74, 6) is 1.70. The molecule has 8 aliphatic heterocycles. The number of aryl methyl sites for hydroxylation is 2. The van der Waals surface area contributed by atoms with E-state index in [9.17, 15) is 57.5 Å². The fraction of sp³-hybridized carbons (Fsp3) is 0.567. The first-order valence-electron chi connectivity index (χ1n) is 55.0. The van der Waals surface area contributed by atoms with E-state index < -0.39 is 18.1 Å². The van der Waals surface area contributed by atoms with Crippen molar-refractivity contribution in [2.45, 2.75) is 332 Å². The van der Waals surface area contributed by atoms with Gasteiger partial charge in [-0.25, -0.2) is 0 Å². The van der Waals surface area contributed by atoms with Crippen LogP contribution >= 0.6 is 0 Å². The second kappa shape index (κ2) is 46.5. The summed E-state index contributed by atoms with van der Waals surface area (Å²) < 4.78 is 37.7. The molecular formula is C120H156N12O17. The first-order valence-corrected chi connectivity index (χ1v) is 55.0. The number of hydrogen-bond acceptors (Lipinski definition) is 21. The molecule has 20 rings (SSSR count). The highest BCUT2D eigenvalue weighted by Crippen LogP contribution is 2.64. The van der Waals surface area contributed by atoms with E-state index in [0.29, 0.717) is 170 Å². The van der Waals surface area contributed by atoms with Crippen molar-refractivity contribution in [3.8, 4) is 5.75 Å². The van der Waals surface area contributed by atoms with E-state index in [0.717, 1.165) is 162 Å². The van der Waals surface area contributed by atoms with E-state index in [-0.39, 0.29) is 154 Å². The number of carbonyl (C=O) groups excluding carboxylic acids is 12. The molecule has 8 aromatic rings. The molecular weight excluding hydrogens is 1880 g/mol. The Balaban J connectivity index is 0.000000135. The van der Waals surface area contributed by atoms with Crippen LogP contribution in [0.15, 0.2) is 122 Å². The number of hydrogen-bond donors (Lipinski definition) is 4. The minimum absolute atomic E-state index is 0.00281. The molecule has 12 aliphatic rings. The Labute approximate surface area is 876 Å². The summed E-state index contributed by atoms with van der Waals surface area (Å²) in [5.41, 5.74) is 13.4. The Kier molecular flexibility index (Phi) is 34.0. The lowest BCUT2D eigenvalue weighted by Gasteiger charge is -2.27. The van der Waals surface area contributed by atoms with Crippen LogP contribution in [-0.4, -0.2) is 241 Å². The average molecular weight is 2040 g/mol. The van der Waals surface area contributed by atoms with Gasteiger partial charge in [0.25, 0.3) is 0 Å². The summed E-state index contributed by atoms with van der Waals surface area (Å²) in [4.78, 5) is 165. The van der Waals surface area contributed by atoms with Gasteiger partial charge in [-0.3, -0.25) is 57.5 Å². The monoisotopic (exact) mass is 2040 g/mol. The molecule has 4 amide bonds. The van der Waals surface area contributed by atoms with Crippen LogP contribution in [0.25, 0.3) is 43.6 Å². The van der Waals surface area contributed by atoms with Gasteiger partial charge in [0.05, 0.1) is 105 Å². The summed E-state index contributed by atoms with van der Waals surface area (Å²) in [6.07, 6.45) is 37.5. The van der Waals surface area contributed by atoms with Crippen molar-refractivity contribution in [1.82, 2.24) is 59.1 Å². The van der Waals surface area contributed by atoms with Crippen LogP contribution in [0.1, 0.15) is 292 Å². The third-order valence-corrected chi connectivity index (χ3v) is 33.2. The molecule has 8 fully saturated rings. The fourth-order valence-electron chi connectivity index (χ4n) is 25.2. The van der Waals surface area contributed by atoms with E-state index in [1.54, 1.807) is 33.9 Å². The number of nitrogens with one attached hydrogen (secondary N) is 4. The van der Waals surface area contributed by atoms with Crippen molar-refractivity contribution < 1.29 is 81.2 Å². The molecule has 12 heterocycles. The van der Waals surface area contributed by atoms with E-state index >= 15 is 0 Å². The Morgan fingerprint density at radius 1 is 0.369 bits per heavy atom. The normalized spacial score (nSPS) is 27.1. The number of nitrogens with zero attached hydrogens (tertiary/aromatic N) is 8. The standard InChI is InChI=1S/C32H43N3O4.C30H39N3O5.C30H39N3O4.C28H35N3O4/c1-5-28(37)27-15-32-16-29(32)35(27)30(38)19-34-18-26(22(4)36)25-14-23(10-9-21(2)3)13-24(31(25)34)17-33-11-7-6-8-12-39-20-32;1-5-26(35)25-13-30-14-27(30)33(25)28(36)17-32-16-24(20(4)34)23-12-22(38-19(2)3)11-21(29(23)32)15-31-9-7-6-8-10-37-18-30;1-5-26(35)25-13-30-14-27(30)33(25)28(36)17-32-16-24(20(4)34)23-12-21(19(2)3)11-22(29(23)32)15-31-9-7-6-8-10-37-18-30;1-4-24(33)23-12-28-13-25(28)31(23)26(34)16-30-15-22(19(3)32)21-11-18(2)10-20(27(21)30)14-29-8-6-5-7-9-35-17-28/h6,8,13-14,18,21,27,29,33H,5,7,9-12,15-17,19-20H2,1-4H3;6,8,11-12,16,19,25,27,31H,5,7,9-10,13-15,17-18H2,1-4H3;6,8,11-12,16,19,25,27,31H,5,7,9-10,13-15,17-18H2,1-4H3;5,7,10-11,15,23,25,29H,4,6,8-9,12-14,16-17H2,1-3H3/b3*8-6-;7-5-/t27-,29+,32-;2*25-,27+,30-;23-,25+,28-/m0000/s1. The van der Waals surface area contributed by atoms with E-state index in [4.69, 9.17) is 23.7 Å². The number of ketones is 8. The van der Waals surface area contributed by atoms with Gasteiger partial charge in [-0.05, 0) is 240 Å². The van der Waals surface area contributed by atoms with Gasteiger partial charge < -0.3 is 82.8 Å². The predicted molar refractivity (Wildman–Crippen MR) is 576 cm³/mol. The maximum Gasteiger partial charge on any atom is 0.243 e. The van der Waals surface area contributed by atoms with Gasteiger partial charge in [-0.1, -0.05) is 128 Å². The number of Topliss-reactive ketones (excluding diaryl/α,β-unsaturated/α-hetero) is 8. The number of amides is 4. The van der Waals surface area contributed by atoms with Crippen LogP contribution in [0.4, 0.5) is 0 Å². The molecule has 29 nitrogen and oxygen atoms in total. The van der Waals surface area contributed by atoms with Crippen molar-refractivity contribution in [2.24, 2.45) is 27.6 Å². The van der Waals surface area contributed by atoms with Crippen LogP contribution in [-0.2, 0) is 116 Å². The Bertz CT molecular complexity index is 6590. The molecule has 4 saturated heterocycles. The lowest BCUT2D eigenvalue weighted by molar-refractivity contribution is -0.139. The zero-order valence-electron chi connectivity index (χ0n) is 90.3. The van der Waals surface area contributed by atoms with Crippen molar-refractivity contribution in [3.05, 3.63) is 183 Å². The third-order valence-electron chi connectivity index (χ3n) is 33.2. The molecule has 798 valence electrons. The highest BCUT2D eigenvalue weighted by molar-refractivity contribution is 6.12. The van der Waals surface area contributed by atoms with Gasteiger partial charge >= 0.3 is 0 Å². The van der Waals surface area contributed by atoms with Gasteiger partial charge in [-0.2, -0.15) is 0 Å². The predicted octanol–water partition coefficient (Wildman–Crippen LogP) is 16.8. The molecule has 12 atom stereocenters. The maximum atomic E-state index is 14.0. The van der Waals surface area contributed by atoms with Crippen molar-refractivity contribution in [1.29, 1.82) is 0 Å². The minimum Gasteiger partial charge on any atom is -0.491 e. The Morgan fingerprint density at radius 3 is 0.966 bits per heavy atom. The summed E-state index contributed by atoms with van der Waals surface area (Å²) in [6, 6.07) is 15.3. The molecule has 4 saturated carbocycles. The van der Waals surface area contributed by atoms with Crippen LogP contribution in [0.5, 0.6) is 5.75 Å². The Hall–Kier alpha value is -11.3. The second-order valence-corrected chi connectivity index (χ2v) is 45.2. The first-order chi connectivity index (χ1) is 71.6.